The molecule has 1 aliphatic carbocycles. The summed E-state index contributed by atoms with van der Waals surface area (Å²) in [6.07, 6.45) is 3.25. The van der Waals surface area contributed by atoms with Gasteiger partial charge in [-0.05, 0) is 55.8 Å². The smallest absolute Gasteiger partial charge is 0.223 e. The van der Waals surface area contributed by atoms with E-state index >= 15 is 0 Å². The second kappa shape index (κ2) is 8.68. The van der Waals surface area contributed by atoms with Crippen LogP contribution in [-0.4, -0.2) is 57.8 Å². The van der Waals surface area contributed by atoms with Gasteiger partial charge in [0, 0.05) is 26.1 Å². The molecule has 2 fully saturated rings. The number of nitrogens with zero attached hydrogens (tertiary/aromatic N) is 1. The molecule has 0 unspecified atom stereocenters. The summed E-state index contributed by atoms with van der Waals surface area (Å²) < 4.78 is 10.6. The number of piperidine rings is 1. The quantitative estimate of drug-likeness (QED) is 0.785. The molecule has 2 atom stereocenters. The van der Waals surface area contributed by atoms with E-state index in [9.17, 15) is 4.79 Å². The van der Waals surface area contributed by atoms with Gasteiger partial charge in [0.05, 0.1) is 13.7 Å². The molecule has 2 aliphatic rings. The third-order valence-corrected chi connectivity index (χ3v) is 5.55. The zero-order valence-electron chi connectivity index (χ0n) is 15.4. The van der Waals surface area contributed by atoms with Gasteiger partial charge in [0.25, 0.3) is 0 Å². The van der Waals surface area contributed by atoms with Gasteiger partial charge in [-0.2, -0.15) is 0 Å². The van der Waals surface area contributed by atoms with E-state index in [0.29, 0.717) is 11.8 Å². The van der Waals surface area contributed by atoms with Gasteiger partial charge in [0.1, 0.15) is 5.75 Å². The molecule has 5 heteroatoms. The van der Waals surface area contributed by atoms with E-state index in [1.165, 1.54) is 0 Å². The van der Waals surface area contributed by atoms with Crippen LogP contribution in [-0.2, 0) is 9.53 Å². The number of hydrogen-bond acceptors (Lipinski definition) is 4. The molecule has 1 aromatic rings. The lowest BCUT2D eigenvalue weighted by Gasteiger charge is -2.31. The van der Waals surface area contributed by atoms with Gasteiger partial charge in [-0.25, -0.2) is 0 Å². The first-order valence-electron chi connectivity index (χ1n) is 9.34. The first-order chi connectivity index (χ1) is 12.2. The fourth-order valence-electron chi connectivity index (χ4n) is 3.81. The SMILES string of the molecule is COCCN1CCC(CNC(=O)[C@H]2C[C@H]2c2ccccc2OC)CC1. The van der Waals surface area contributed by atoms with Crippen LogP contribution in [0.4, 0.5) is 0 Å². The van der Waals surface area contributed by atoms with Crippen LogP contribution in [0.3, 0.4) is 0 Å². The molecule has 1 amide bonds. The van der Waals surface area contributed by atoms with Crippen molar-refractivity contribution < 1.29 is 14.3 Å². The van der Waals surface area contributed by atoms with Crippen molar-refractivity contribution in [3.63, 3.8) is 0 Å². The number of amides is 1. The Bertz CT molecular complexity index is 570. The number of rotatable bonds is 8. The Morgan fingerprint density at radius 1 is 1.24 bits per heavy atom. The van der Waals surface area contributed by atoms with Gasteiger partial charge in [0.2, 0.25) is 5.91 Å². The summed E-state index contributed by atoms with van der Waals surface area (Å²) in [5.74, 6) is 2.13. The molecular weight excluding hydrogens is 316 g/mol. The van der Waals surface area contributed by atoms with E-state index in [2.05, 4.69) is 16.3 Å². The minimum absolute atomic E-state index is 0.109. The highest BCUT2D eigenvalue weighted by atomic mass is 16.5. The molecule has 1 heterocycles. The van der Waals surface area contributed by atoms with E-state index in [0.717, 1.165) is 63.4 Å². The maximum Gasteiger partial charge on any atom is 0.223 e. The highest BCUT2D eigenvalue weighted by Gasteiger charge is 2.45. The van der Waals surface area contributed by atoms with Crippen LogP contribution < -0.4 is 10.1 Å². The van der Waals surface area contributed by atoms with Crippen molar-refractivity contribution in [3.8, 4) is 5.75 Å². The number of nitrogens with one attached hydrogen (secondary N) is 1. The zero-order chi connectivity index (χ0) is 17.6. The van der Waals surface area contributed by atoms with E-state index in [-0.39, 0.29) is 11.8 Å². The number of likely N-dealkylation sites (tertiary alicyclic amines) is 1. The molecule has 1 aromatic carbocycles. The van der Waals surface area contributed by atoms with E-state index in [1.807, 2.05) is 18.2 Å². The molecule has 0 radical (unpaired) electrons. The highest BCUT2D eigenvalue weighted by Crippen LogP contribution is 2.50. The average molecular weight is 346 g/mol. The number of benzene rings is 1. The molecule has 138 valence electrons. The largest absolute Gasteiger partial charge is 0.496 e. The second-order valence-electron chi connectivity index (χ2n) is 7.21. The molecule has 5 nitrogen and oxygen atoms in total. The Hall–Kier alpha value is -1.59. The molecule has 1 aliphatic heterocycles. The first kappa shape index (κ1) is 18.2. The fraction of sp³-hybridized carbons (Fsp3) is 0.650. The average Bonchev–Trinajstić information content (AvgIpc) is 3.46. The molecule has 1 saturated carbocycles. The van der Waals surface area contributed by atoms with Crippen molar-refractivity contribution in [2.75, 3.05) is 47.0 Å². The Labute approximate surface area is 150 Å². The minimum Gasteiger partial charge on any atom is -0.496 e. The van der Waals surface area contributed by atoms with Gasteiger partial charge >= 0.3 is 0 Å². The summed E-state index contributed by atoms with van der Waals surface area (Å²) in [6.45, 7) is 4.84. The molecule has 0 aromatic heterocycles. The van der Waals surface area contributed by atoms with Crippen LogP contribution in [0.1, 0.15) is 30.7 Å². The van der Waals surface area contributed by atoms with Crippen molar-refractivity contribution in [2.45, 2.75) is 25.2 Å². The Balaban J connectivity index is 1.40. The van der Waals surface area contributed by atoms with Gasteiger partial charge in [0.15, 0.2) is 0 Å². The van der Waals surface area contributed by atoms with E-state index < -0.39 is 0 Å². The van der Waals surface area contributed by atoms with Crippen LogP contribution in [0.25, 0.3) is 0 Å². The predicted molar refractivity (Wildman–Crippen MR) is 97.9 cm³/mol. The van der Waals surface area contributed by atoms with Crippen LogP contribution >= 0.6 is 0 Å². The third kappa shape index (κ3) is 4.73. The van der Waals surface area contributed by atoms with Crippen molar-refractivity contribution in [1.29, 1.82) is 0 Å². The molecule has 0 spiro atoms. The highest BCUT2D eigenvalue weighted by molar-refractivity contribution is 5.83. The van der Waals surface area contributed by atoms with Crippen LogP contribution in [0.2, 0.25) is 0 Å². The van der Waals surface area contributed by atoms with Gasteiger partial charge in [-0.1, -0.05) is 18.2 Å². The van der Waals surface area contributed by atoms with Crippen LogP contribution in [0.5, 0.6) is 5.75 Å². The lowest BCUT2D eigenvalue weighted by atomic mass is 9.96. The second-order valence-corrected chi connectivity index (χ2v) is 7.21. The maximum atomic E-state index is 12.5. The monoisotopic (exact) mass is 346 g/mol. The first-order valence-corrected chi connectivity index (χ1v) is 9.34. The summed E-state index contributed by atoms with van der Waals surface area (Å²) in [5, 5.41) is 3.19. The molecular formula is C20H30N2O3. The summed E-state index contributed by atoms with van der Waals surface area (Å²) in [6, 6.07) is 8.04. The van der Waals surface area contributed by atoms with E-state index in [1.54, 1.807) is 14.2 Å². The maximum absolute atomic E-state index is 12.5. The summed E-state index contributed by atoms with van der Waals surface area (Å²) >= 11 is 0. The van der Waals surface area contributed by atoms with Crippen LogP contribution in [0.15, 0.2) is 24.3 Å². The Kier molecular flexibility index (Phi) is 6.32. The van der Waals surface area contributed by atoms with Crippen LogP contribution in [0, 0.1) is 11.8 Å². The molecule has 3 rings (SSSR count). The molecule has 25 heavy (non-hydrogen) atoms. The summed E-state index contributed by atoms with van der Waals surface area (Å²) in [5.41, 5.74) is 1.16. The Morgan fingerprint density at radius 2 is 2.00 bits per heavy atom. The molecule has 1 N–H and O–H groups in total. The van der Waals surface area contributed by atoms with Crippen molar-refractivity contribution in [3.05, 3.63) is 29.8 Å². The molecule has 1 saturated heterocycles. The normalized spacial score (nSPS) is 24.1. The topological polar surface area (TPSA) is 50.8 Å². The van der Waals surface area contributed by atoms with Crippen molar-refractivity contribution in [1.82, 2.24) is 10.2 Å². The Morgan fingerprint density at radius 3 is 2.72 bits per heavy atom. The summed E-state index contributed by atoms with van der Waals surface area (Å²) in [4.78, 5) is 14.9. The number of ether oxygens (including phenoxy) is 2. The van der Waals surface area contributed by atoms with Crippen molar-refractivity contribution >= 4 is 5.91 Å². The van der Waals surface area contributed by atoms with E-state index in [4.69, 9.17) is 9.47 Å². The number of para-hydroxylation sites is 1. The number of carbonyl (C=O) groups excluding carboxylic acids is 1. The van der Waals surface area contributed by atoms with Crippen molar-refractivity contribution in [2.24, 2.45) is 11.8 Å². The summed E-state index contributed by atoms with van der Waals surface area (Å²) in [7, 11) is 3.44. The fourth-order valence-corrected chi connectivity index (χ4v) is 3.81. The number of methoxy groups -OCH3 is 2. The lowest BCUT2D eigenvalue weighted by Crippen LogP contribution is -2.40. The van der Waals surface area contributed by atoms with Gasteiger partial charge in [-0.3, -0.25) is 4.79 Å². The number of carbonyl (C=O) groups is 1. The van der Waals surface area contributed by atoms with Gasteiger partial charge in [-0.15, -0.1) is 0 Å². The third-order valence-electron chi connectivity index (χ3n) is 5.55. The lowest BCUT2D eigenvalue weighted by molar-refractivity contribution is -0.122. The van der Waals surface area contributed by atoms with Gasteiger partial charge < -0.3 is 19.7 Å². The zero-order valence-corrected chi connectivity index (χ0v) is 15.4. The molecule has 0 bridgehead atoms. The predicted octanol–water partition coefficient (Wildman–Crippen LogP) is 2.27. The number of hydrogen-bond donors (Lipinski definition) is 1. The minimum atomic E-state index is 0.109. The standard InChI is InChI=1S/C20H30N2O3/c1-24-12-11-22-9-7-15(8-10-22)14-21-20(23)18-13-17(18)16-5-3-4-6-19(16)25-2/h3-6,15,17-18H,7-14H2,1-2H3,(H,21,23)/t17-,18-/m0/s1.